The maximum atomic E-state index is 13.5. The minimum atomic E-state index is -0.209. The largest absolute Gasteiger partial charge is 0.360 e. The smallest absolute Gasteiger partial charge is 0.239 e. The van der Waals surface area contributed by atoms with Crippen LogP contribution in [0.25, 0.3) is 0 Å². The Kier molecular flexibility index (Phi) is 10.4. The van der Waals surface area contributed by atoms with Gasteiger partial charge in [-0.2, -0.15) is 11.8 Å². The number of nitrogens with one attached hydrogen (secondary N) is 3. The Morgan fingerprint density at radius 1 is 1.16 bits per heavy atom. The molecule has 0 spiro atoms. The third kappa shape index (κ3) is 7.57. The highest BCUT2D eigenvalue weighted by molar-refractivity contribution is 14.0. The molecule has 1 fully saturated rings. The predicted octanol–water partition coefficient (Wildman–Crippen LogP) is 3.11. The highest BCUT2D eigenvalue weighted by Crippen LogP contribution is 2.17. The molecule has 168 valence electrons. The fourth-order valence-electron chi connectivity index (χ4n) is 3.33. The second kappa shape index (κ2) is 12.7. The summed E-state index contributed by atoms with van der Waals surface area (Å²) in [5, 5.41) is 9.44. The fourth-order valence-corrected chi connectivity index (χ4v) is 3.91. The van der Waals surface area contributed by atoms with Crippen molar-refractivity contribution in [2.24, 2.45) is 4.99 Å². The maximum absolute atomic E-state index is 13.5. The quantitative estimate of drug-likeness (QED) is 0.278. The first-order valence-corrected chi connectivity index (χ1v) is 11.3. The standard InChI is InChI=1S/C22H28FN5OS.HI/c1-24-22(27-13-17-5-6-19(23)11-18(17)15-30-2)26-12-16-3-7-20(8-4-16)28-10-9-25-21(29)14-28;/h3-8,11H,9-10,12-15H2,1-2H3,(H,25,29)(H2,24,26,27);1H. The van der Waals surface area contributed by atoms with E-state index in [1.165, 1.54) is 6.07 Å². The number of aliphatic imine (C=N–C) groups is 1. The zero-order chi connectivity index (χ0) is 21.3. The molecule has 3 rings (SSSR count). The third-order valence-electron chi connectivity index (χ3n) is 4.94. The second-order valence-electron chi connectivity index (χ2n) is 7.06. The van der Waals surface area contributed by atoms with Crippen LogP contribution in [0.4, 0.5) is 10.1 Å². The Hall–Kier alpha value is -2.01. The molecule has 0 saturated carbocycles. The molecule has 0 atom stereocenters. The molecule has 1 saturated heterocycles. The molecule has 1 aliphatic rings. The normalized spacial score (nSPS) is 14.0. The van der Waals surface area contributed by atoms with Crippen LogP contribution >= 0.6 is 35.7 Å². The highest BCUT2D eigenvalue weighted by atomic mass is 127. The van der Waals surface area contributed by atoms with Crippen molar-refractivity contribution in [3.05, 3.63) is 65.0 Å². The van der Waals surface area contributed by atoms with Gasteiger partial charge in [-0.05, 0) is 47.2 Å². The monoisotopic (exact) mass is 557 g/mol. The van der Waals surface area contributed by atoms with Crippen LogP contribution in [0.5, 0.6) is 0 Å². The lowest BCUT2D eigenvalue weighted by molar-refractivity contribution is -0.120. The summed E-state index contributed by atoms with van der Waals surface area (Å²) in [4.78, 5) is 17.9. The number of amides is 1. The van der Waals surface area contributed by atoms with Crippen molar-refractivity contribution in [1.82, 2.24) is 16.0 Å². The Morgan fingerprint density at radius 2 is 1.90 bits per heavy atom. The Balaban J connectivity index is 0.00000341. The van der Waals surface area contributed by atoms with Crippen LogP contribution in [0, 0.1) is 5.82 Å². The summed E-state index contributed by atoms with van der Waals surface area (Å²) in [6, 6.07) is 13.1. The second-order valence-corrected chi connectivity index (χ2v) is 7.93. The van der Waals surface area contributed by atoms with E-state index in [9.17, 15) is 9.18 Å². The Bertz CT molecular complexity index is 894. The van der Waals surface area contributed by atoms with Gasteiger partial charge < -0.3 is 20.9 Å². The molecule has 31 heavy (non-hydrogen) atoms. The van der Waals surface area contributed by atoms with Crippen LogP contribution in [-0.4, -0.2) is 44.8 Å². The zero-order valence-corrected chi connectivity index (χ0v) is 20.9. The number of rotatable bonds is 7. The molecular weight excluding hydrogens is 528 g/mol. The van der Waals surface area contributed by atoms with Crippen molar-refractivity contribution in [3.63, 3.8) is 0 Å². The van der Waals surface area contributed by atoms with E-state index in [2.05, 4.69) is 38.0 Å². The van der Waals surface area contributed by atoms with E-state index in [1.54, 1.807) is 24.9 Å². The van der Waals surface area contributed by atoms with E-state index in [0.717, 1.165) is 34.7 Å². The van der Waals surface area contributed by atoms with Crippen molar-refractivity contribution in [3.8, 4) is 0 Å². The highest BCUT2D eigenvalue weighted by Gasteiger charge is 2.16. The topological polar surface area (TPSA) is 68.8 Å². The molecule has 2 aromatic carbocycles. The molecular formula is C22H29FIN5OS. The van der Waals surface area contributed by atoms with Crippen LogP contribution in [0.3, 0.4) is 0 Å². The van der Waals surface area contributed by atoms with E-state index in [0.29, 0.717) is 32.1 Å². The fraction of sp³-hybridized carbons (Fsp3) is 0.364. The number of benzene rings is 2. The van der Waals surface area contributed by atoms with Gasteiger partial charge in [0.1, 0.15) is 5.82 Å². The van der Waals surface area contributed by atoms with Crippen molar-refractivity contribution in [2.75, 3.05) is 37.8 Å². The lowest BCUT2D eigenvalue weighted by atomic mass is 10.1. The molecule has 0 radical (unpaired) electrons. The van der Waals surface area contributed by atoms with Gasteiger partial charge in [-0.1, -0.05) is 18.2 Å². The molecule has 0 aromatic heterocycles. The molecule has 1 aliphatic heterocycles. The van der Waals surface area contributed by atoms with Crippen LogP contribution in [0.2, 0.25) is 0 Å². The van der Waals surface area contributed by atoms with Gasteiger partial charge in [0.15, 0.2) is 5.96 Å². The van der Waals surface area contributed by atoms with Gasteiger partial charge in [0.25, 0.3) is 0 Å². The molecule has 0 aliphatic carbocycles. The van der Waals surface area contributed by atoms with Gasteiger partial charge in [0.05, 0.1) is 6.54 Å². The number of carbonyl (C=O) groups excluding carboxylic acids is 1. The third-order valence-corrected chi connectivity index (χ3v) is 5.54. The molecule has 6 nitrogen and oxygen atoms in total. The predicted molar refractivity (Wildman–Crippen MR) is 138 cm³/mol. The number of piperazine rings is 1. The average molecular weight is 557 g/mol. The Labute approximate surface area is 204 Å². The molecule has 1 amide bonds. The van der Waals surface area contributed by atoms with E-state index in [1.807, 2.05) is 24.5 Å². The first-order valence-electron chi connectivity index (χ1n) is 9.90. The minimum absolute atomic E-state index is 0. The summed E-state index contributed by atoms with van der Waals surface area (Å²) in [6.45, 7) is 3.10. The molecule has 2 aromatic rings. The van der Waals surface area contributed by atoms with Crippen LogP contribution in [-0.2, 0) is 23.6 Å². The summed E-state index contributed by atoms with van der Waals surface area (Å²) < 4.78 is 13.5. The van der Waals surface area contributed by atoms with E-state index in [-0.39, 0.29) is 35.7 Å². The molecule has 9 heteroatoms. The average Bonchev–Trinajstić information content (AvgIpc) is 2.75. The maximum Gasteiger partial charge on any atom is 0.239 e. The summed E-state index contributed by atoms with van der Waals surface area (Å²) >= 11 is 1.67. The summed E-state index contributed by atoms with van der Waals surface area (Å²) in [6.07, 6.45) is 2.01. The Morgan fingerprint density at radius 3 is 2.58 bits per heavy atom. The number of guanidine groups is 1. The number of carbonyl (C=O) groups is 1. The SMILES string of the molecule is CN=C(NCc1ccc(N2CCNC(=O)C2)cc1)NCc1ccc(F)cc1CSC.I. The minimum Gasteiger partial charge on any atom is -0.360 e. The van der Waals surface area contributed by atoms with Crippen molar-refractivity contribution < 1.29 is 9.18 Å². The zero-order valence-electron chi connectivity index (χ0n) is 17.8. The molecule has 1 heterocycles. The lowest BCUT2D eigenvalue weighted by Crippen LogP contribution is -2.47. The number of hydrogen-bond acceptors (Lipinski definition) is 4. The van der Waals surface area contributed by atoms with Crippen molar-refractivity contribution in [2.45, 2.75) is 18.8 Å². The van der Waals surface area contributed by atoms with Gasteiger partial charge in [-0.3, -0.25) is 9.79 Å². The lowest BCUT2D eigenvalue weighted by Gasteiger charge is -2.28. The number of thioether (sulfide) groups is 1. The van der Waals surface area contributed by atoms with Crippen molar-refractivity contribution in [1.29, 1.82) is 0 Å². The molecule has 3 N–H and O–H groups in total. The van der Waals surface area contributed by atoms with Gasteiger partial charge in [-0.15, -0.1) is 24.0 Å². The first kappa shape index (κ1) is 25.3. The van der Waals surface area contributed by atoms with Gasteiger partial charge in [-0.25, -0.2) is 4.39 Å². The number of nitrogens with zero attached hydrogens (tertiary/aromatic N) is 2. The van der Waals surface area contributed by atoms with Crippen molar-refractivity contribution >= 4 is 53.3 Å². The summed E-state index contributed by atoms with van der Waals surface area (Å²) in [5.74, 6) is 1.31. The number of hydrogen-bond donors (Lipinski definition) is 3. The summed E-state index contributed by atoms with van der Waals surface area (Å²) in [7, 11) is 1.73. The number of halogens is 2. The van der Waals surface area contributed by atoms with Crippen LogP contribution < -0.4 is 20.9 Å². The number of anilines is 1. The summed E-state index contributed by atoms with van der Waals surface area (Å²) in [5.41, 5.74) is 4.22. The van der Waals surface area contributed by atoms with E-state index < -0.39 is 0 Å². The molecule has 0 bridgehead atoms. The van der Waals surface area contributed by atoms with Crippen LogP contribution in [0.15, 0.2) is 47.5 Å². The van der Waals surface area contributed by atoms with Crippen LogP contribution in [0.1, 0.15) is 16.7 Å². The first-order chi connectivity index (χ1) is 14.6. The van der Waals surface area contributed by atoms with Gasteiger partial charge in [0, 0.05) is 44.7 Å². The van der Waals surface area contributed by atoms with Gasteiger partial charge >= 0.3 is 0 Å². The van der Waals surface area contributed by atoms with Gasteiger partial charge in [0.2, 0.25) is 5.91 Å². The van der Waals surface area contributed by atoms with E-state index >= 15 is 0 Å². The van der Waals surface area contributed by atoms with E-state index in [4.69, 9.17) is 0 Å². The molecule has 0 unspecified atom stereocenters.